The van der Waals surface area contributed by atoms with Crippen LogP contribution in [0.25, 0.3) is 0 Å². The highest BCUT2D eigenvalue weighted by molar-refractivity contribution is 5.85. The average Bonchev–Trinajstić information content (AvgIpc) is 2.70. The maximum atomic E-state index is 2.56. The smallest absolute Gasteiger partial charge is 0.0784 e. The fraction of sp³-hybridized carbons (Fsp3) is 1.00. The van der Waals surface area contributed by atoms with Crippen LogP contribution in [0.1, 0.15) is 136 Å². The van der Waals surface area contributed by atoms with Crippen LogP contribution in [-0.2, 0) is 0 Å². The maximum absolute atomic E-state index is 2.56. The summed E-state index contributed by atoms with van der Waals surface area (Å²) in [6.45, 7) is 11.2. The van der Waals surface area contributed by atoms with Gasteiger partial charge in [0, 0.05) is 0 Å². The van der Waals surface area contributed by atoms with Crippen LogP contribution in [0.4, 0.5) is 0 Å². The number of halogens is 2. The molecule has 0 amide bonds. The number of unbranched alkanes of at least 4 members (excludes halogenated alkanes) is 15. The lowest BCUT2D eigenvalue weighted by atomic mass is 10.1. The Labute approximate surface area is 218 Å². The van der Waals surface area contributed by atoms with E-state index in [1.807, 2.05) is 26.0 Å². The van der Waals surface area contributed by atoms with Crippen LogP contribution in [0.2, 0.25) is 0 Å². The molecule has 0 aliphatic heterocycles. The summed E-state index contributed by atoms with van der Waals surface area (Å²) in [7, 11) is 8.56. The Morgan fingerprint density at radius 1 is 0.438 bits per heavy atom. The van der Waals surface area contributed by atoms with Gasteiger partial charge in [-0.05, 0) is 59.7 Å². The molecular formula is C28H64Cl2N2. The second-order valence-corrected chi connectivity index (χ2v) is 10.4. The number of rotatable bonds is 21. The second-order valence-electron chi connectivity index (χ2n) is 10.4. The van der Waals surface area contributed by atoms with Gasteiger partial charge in [0.25, 0.3) is 0 Å². The third-order valence-electron chi connectivity index (χ3n) is 6.15. The van der Waals surface area contributed by atoms with Crippen molar-refractivity contribution in [3.05, 3.63) is 0 Å². The summed E-state index contributed by atoms with van der Waals surface area (Å²) in [5.41, 5.74) is 0. The first-order chi connectivity index (χ1) is 14.4. The minimum Gasteiger partial charge on any atom is -1.00 e. The molecule has 0 fully saturated rings. The predicted molar refractivity (Wildman–Crippen MR) is 148 cm³/mol. The molecule has 0 saturated carbocycles. The summed E-state index contributed by atoms with van der Waals surface area (Å²) < 4.78 is 1.36. The molecule has 200 valence electrons. The van der Waals surface area contributed by atoms with Crippen molar-refractivity contribution >= 4 is 12.4 Å². The Balaban J connectivity index is -0.000000598. The summed E-state index contributed by atoms with van der Waals surface area (Å²) in [5, 5.41) is 0. The third kappa shape index (κ3) is 35.1. The molecule has 0 aliphatic rings. The highest BCUT2D eigenvalue weighted by atomic mass is 35.5. The van der Waals surface area contributed by atoms with Gasteiger partial charge in [0.05, 0.1) is 26.7 Å². The first kappa shape index (κ1) is 39.7. The van der Waals surface area contributed by atoms with Gasteiger partial charge in [-0.2, -0.15) is 0 Å². The monoisotopic (exact) mass is 498 g/mol. The zero-order chi connectivity index (χ0) is 22.9. The van der Waals surface area contributed by atoms with Crippen molar-refractivity contribution in [1.29, 1.82) is 0 Å². The number of hydrogen-bond acceptors (Lipinski definition) is 1. The van der Waals surface area contributed by atoms with Gasteiger partial charge in [0.2, 0.25) is 0 Å². The summed E-state index contributed by atoms with van der Waals surface area (Å²) in [5.74, 6) is 0. The number of quaternary nitrogens is 1. The SMILES string of the molecule is CCCCCCCC[N+](C)(CCCCCCCC)CCCCCCCC.CN(C)C.Cl.[Cl-]. The van der Waals surface area contributed by atoms with E-state index in [2.05, 4.69) is 27.8 Å². The minimum absolute atomic E-state index is 0. The Bertz CT molecular complexity index is 268. The fourth-order valence-electron chi connectivity index (χ4n) is 4.16. The van der Waals surface area contributed by atoms with E-state index in [4.69, 9.17) is 0 Å². The van der Waals surface area contributed by atoms with E-state index in [1.54, 1.807) is 0 Å². The highest BCUT2D eigenvalue weighted by Gasteiger charge is 2.20. The van der Waals surface area contributed by atoms with Crippen LogP contribution in [0, 0.1) is 0 Å². The molecule has 0 spiro atoms. The van der Waals surface area contributed by atoms with E-state index < -0.39 is 0 Å². The van der Waals surface area contributed by atoms with Gasteiger partial charge in [-0.25, -0.2) is 0 Å². The number of hydrogen-bond donors (Lipinski definition) is 0. The minimum atomic E-state index is 0. The molecule has 0 atom stereocenters. The van der Waals surface area contributed by atoms with Crippen molar-refractivity contribution in [3.63, 3.8) is 0 Å². The van der Waals surface area contributed by atoms with Gasteiger partial charge >= 0.3 is 0 Å². The van der Waals surface area contributed by atoms with E-state index in [1.165, 1.54) is 140 Å². The molecule has 0 N–H and O–H groups in total. The zero-order valence-electron chi connectivity index (χ0n) is 23.5. The molecule has 0 aliphatic carbocycles. The Morgan fingerprint density at radius 2 is 0.625 bits per heavy atom. The molecule has 2 nitrogen and oxygen atoms in total. The van der Waals surface area contributed by atoms with E-state index in [0.717, 1.165) is 0 Å². The van der Waals surface area contributed by atoms with Crippen LogP contribution in [-0.4, -0.2) is 57.2 Å². The molecule has 0 unspecified atom stereocenters. The van der Waals surface area contributed by atoms with E-state index in [9.17, 15) is 0 Å². The predicted octanol–water partition coefficient (Wildman–Crippen LogP) is 6.12. The third-order valence-corrected chi connectivity index (χ3v) is 6.15. The van der Waals surface area contributed by atoms with Gasteiger partial charge < -0.3 is 21.8 Å². The lowest BCUT2D eigenvalue weighted by Crippen LogP contribution is -3.00. The zero-order valence-corrected chi connectivity index (χ0v) is 25.1. The van der Waals surface area contributed by atoms with Crippen molar-refractivity contribution in [2.24, 2.45) is 0 Å². The van der Waals surface area contributed by atoms with Crippen LogP contribution < -0.4 is 12.4 Å². The van der Waals surface area contributed by atoms with E-state index in [0.29, 0.717) is 0 Å². The van der Waals surface area contributed by atoms with Crippen molar-refractivity contribution < 1.29 is 16.9 Å². The van der Waals surface area contributed by atoms with Crippen LogP contribution >= 0.6 is 12.4 Å². The topological polar surface area (TPSA) is 3.24 Å². The first-order valence-corrected chi connectivity index (χ1v) is 13.9. The molecule has 0 heterocycles. The first-order valence-electron chi connectivity index (χ1n) is 13.9. The largest absolute Gasteiger partial charge is 1.00 e. The molecule has 0 rings (SSSR count). The van der Waals surface area contributed by atoms with Gasteiger partial charge in [0.15, 0.2) is 0 Å². The molecule has 0 radical (unpaired) electrons. The van der Waals surface area contributed by atoms with Crippen molar-refractivity contribution in [1.82, 2.24) is 4.90 Å². The van der Waals surface area contributed by atoms with Gasteiger partial charge in [0.1, 0.15) is 0 Å². The lowest BCUT2D eigenvalue weighted by molar-refractivity contribution is -0.910. The van der Waals surface area contributed by atoms with Crippen LogP contribution in [0.3, 0.4) is 0 Å². The van der Waals surface area contributed by atoms with E-state index >= 15 is 0 Å². The molecule has 0 aromatic heterocycles. The second kappa shape index (κ2) is 31.5. The van der Waals surface area contributed by atoms with Gasteiger partial charge in [-0.1, -0.05) is 97.8 Å². The maximum Gasteiger partial charge on any atom is 0.0784 e. The standard InChI is InChI=1S/C25H54N.C3H9N.2ClH/c1-5-8-11-14-17-20-23-26(4,24-21-18-15-12-9-6-2)25-22-19-16-13-10-7-3;1-4(2)3;;/h5-25H2,1-4H3;1-3H3;2*1H/q+1;;;/p-1. The summed E-state index contributed by atoms with van der Waals surface area (Å²) in [4.78, 5) is 2.00. The van der Waals surface area contributed by atoms with E-state index in [-0.39, 0.29) is 24.8 Å². The Hall–Kier alpha value is 0.500. The van der Waals surface area contributed by atoms with Gasteiger partial charge in [-0.15, -0.1) is 12.4 Å². The van der Waals surface area contributed by atoms with Crippen molar-refractivity contribution in [2.75, 3.05) is 47.8 Å². The Morgan fingerprint density at radius 3 is 0.844 bits per heavy atom. The average molecular weight is 500 g/mol. The quantitative estimate of drug-likeness (QED) is 0.136. The molecular weight excluding hydrogens is 435 g/mol. The normalized spacial score (nSPS) is 10.9. The molecule has 4 heteroatoms. The molecule has 0 aromatic carbocycles. The highest BCUT2D eigenvalue weighted by Crippen LogP contribution is 2.16. The Kier molecular flexibility index (Phi) is 39.1. The van der Waals surface area contributed by atoms with Gasteiger partial charge in [-0.3, -0.25) is 0 Å². The molecule has 0 saturated heterocycles. The molecule has 0 bridgehead atoms. The summed E-state index contributed by atoms with van der Waals surface area (Å²) in [6.07, 6.45) is 25.9. The molecule has 32 heavy (non-hydrogen) atoms. The lowest BCUT2D eigenvalue weighted by Gasteiger charge is -2.35. The molecule has 0 aromatic rings. The van der Waals surface area contributed by atoms with Crippen molar-refractivity contribution in [2.45, 2.75) is 136 Å². The summed E-state index contributed by atoms with van der Waals surface area (Å²) in [6, 6.07) is 0. The summed E-state index contributed by atoms with van der Waals surface area (Å²) >= 11 is 0. The number of nitrogens with zero attached hydrogens (tertiary/aromatic N) is 2. The van der Waals surface area contributed by atoms with Crippen LogP contribution in [0.15, 0.2) is 0 Å². The fourth-order valence-corrected chi connectivity index (χ4v) is 4.16. The van der Waals surface area contributed by atoms with Crippen molar-refractivity contribution in [3.8, 4) is 0 Å². The van der Waals surface area contributed by atoms with Crippen LogP contribution in [0.5, 0.6) is 0 Å².